The minimum absolute atomic E-state index is 1.23. The van der Waals surface area contributed by atoms with Crippen LogP contribution in [-0.4, -0.2) is 0 Å². The molecule has 0 aromatic heterocycles. The standard InChI is InChI=1S/C15H19/c1-11-6-7-14-9-12-4-2-3-5-13(12)10-15(14)8-11/h5-6H,2-4,7-10H2,1H3. The number of allylic oxidation sites excluding steroid dienone is 6. The molecule has 0 heterocycles. The van der Waals surface area contributed by atoms with Gasteiger partial charge in [0.25, 0.3) is 0 Å². The van der Waals surface area contributed by atoms with E-state index in [2.05, 4.69) is 19.4 Å². The molecule has 0 saturated carbocycles. The number of hydrogen-bond donors (Lipinski definition) is 0. The Morgan fingerprint density at radius 2 is 1.93 bits per heavy atom. The lowest BCUT2D eigenvalue weighted by Crippen LogP contribution is -2.12. The van der Waals surface area contributed by atoms with E-state index in [1.807, 2.05) is 0 Å². The van der Waals surface area contributed by atoms with Gasteiger partial charge in [0.05, 0.1) is 0 Å². The lowest BCUT2D eigenvalue weighted by atomic mass is 9.75. The van der Waals surface area contributed by atoms with Crippen LogP contribution in [0.25, 0.3) is 0 Å². The van der Waals surface area contributed by atoms with E-state index in [1.165, 1.54) is 44.9 Å². The van der Waals surface area contributed by atoms with E-state index in [1.54, 1.807) is 27.9 Å². The maximum Gasteiger partial charge on any atom is -0.00965 e. The summed E-state index contributed by atoms with van der Waals surface area (Å²) in [5.74, 6) is 0. The van der Waals surface area contributed by atoms with Crippen LogP contribution in [-0.2, 0) is 0 Å². The van der Waals surface area contributed by atoms with Gasteiger partial charge in [0.2, 0.25) is 0 Å². The topological polar surface area (TPSA) is 0 Å². The molecule has 0 heteroatoms. The van der Waals surface area contributed by atoms with Crippen LogP contribution in [0.3, 0.4) is 0 Å². The lowest BCUT2D eigenvalue weighted by molar-refractivity contribution is 0.692. The van der Waals surface area contributed by atoms with Gasteiger partial charge in [-0.3, -0.25) is 0 Å². The Balaban J connectivity index is 1.83. The van der Waals surface area contributed by atoms with E-state index in [0.29, 0.717) is 0 Å². The molecule has 1 radical (unpaired) electrons. The number of hydrogen-bond acceptors (Lipinski definition) is 0. The molecular formula is C15H19. The van der Waals surface area contributed by atoms with Crippen molar-refractivity contribution < 1.29 is 0 Å². The van der Waals surface area contributed by atoms with E-state index in [4.69, 9.17) is 0 Å². The van der Waals surface area contributed by atoms with Gasteiger partial charge in [-0.25, -0.2) is 0 Å². The zero-order valence-electron chi connectivity index (χ0n) is 9.60. The summed E-state index contributed by atoms with van der Waals surface area (Å²) >= 11 is 0. The highest BCUT2D eigenvalue weighted by Crippen LogP contribution is 2.42. The quantitative estimate of drug-likeness (QED) is 0.504. The molecule has 0 atom stereocenters. The average Bonchev–Trinajstić information content (AvgIpc) is 2.26. The van der Waals surface area contributed by atoms with Crippen molar-refractivity contribution in [1.82, 2.24) is 0 Å². The van der Waals surface area contributed by atoms with Crippen molar-refractivity contribution in [1.29, 1.82) is 0 Å². The fourth-order valence-electron chi connectivity index (χ4n) is 3.14. The fraction of sp³-hybridized carbons (Fsp3) is 0.533. The first-order chi connectivity index (χ1) is 7.33. The zero-order valence-corrected chi connectivity index (χ0v) is 9.60. The monoisotopic (exact) mass is 199 g/mol. The molecule has 0 aromatic rings. The van der Waals surface area contributed by atoms with Gasteiger partial charge >= 0.3 is 0 Å². The largest absolute Gasteiger partial charge is 0.0812 e. The molecule has 3 aliphatic rings. The highest BCUT2D eigenvalue weighted by molar-refractivity contribution is 5.43. The van der Waals surface area contributed by atoms with Gasteiger partial charge in [0, 0.05) is 0 Å². The van der Waals surface area contributed by atoms with E-state index in [-0.39, 0.29) is 0 Å². The van der Waals surface area contributed by atoms with Crippen molar-refractivity contribution in [2.45, 2.75) is 51.9 Å². The summed E-state index contributed by atoms with van der Waals surface area (Å²) in [6.07, 6.45) is 14.0. The van der Waals surface area contributed by atoms with Crippen molar-refractivity contribution in [3.63, 3.8) is 0 Å². The molecule has 0 spiro atoms. The summed E-state index contributed by atoms with van der Waals surface area (Å²) in [4.78, 5) is 0. The second-order valence-corrected chi connectivity index (χ2v) is 5.22. The first-order valence-electron chi connectivity index (χ1n) is 6.22. The summed E-state index contributed by atoms with van der Waals surface area (Å²) in [5.41, 5.74) is 8.51. The van der Waals surface area contributed by atoms with Gasteiger partial charge in [-0.2, -0.15) is 0 Å². The Labute approximate surface area is 92.8 Å². The van der Waals surface area contributed by atoms with Crippen LogP contribution in [0, 0.1) is 6.42 Å². The van der Waals surface area contributed by atoms with E-state index in [0.717, 1.165) is 0 Å². The molecular weight excluding hydrogens is 180 g/mol. The predicted molar refractivity (Wildman–Crippen MR) is 64.4 cm³/mol. The van der Waals surface area contributed by atoms with Crippen LogP contribution in [0.4, 0.5) is 0 Å². The van der Waals surface area contributed by atoms with E-state index >= 15 is 0 Å². The Hall–Kier alpha value is -0.780. The maximum absolute atomic E-state index is 2.50. The van der Waals surface area contributed by atoms with Gasteiger partial charge in [-0.15, -0.1) is 0 Å². The third-order valence-electron chi connectivity index (χ3n) is 4.05. The highest BCUT2D eigenvalue weighted by Gasteiger charge is 2.23. The molecule has 15 heavy (non-hydrogen) atoms. The van der Waals surface area contributed by atoms with Gasteiger partial charge in [-0.1, -0.05) is 33.9 Å². The second kappa shape index (κ2) is 3.66. The average molecular weight is 199 g/mol. The molecule has 0 N–H and O–H groups in total. The molecule has 0 unspecified atom stereocenters. The van der Waals surface area contributed by atoms with Crippen LogP contribution in [0.2, 0.25) is 0 Å². The van der Waals surface area contributed by atoms with E-state index < -0.39 is 0 Å². The first-order valence-corrected chi connectivity index (χ1v) is 6.22. The van der Waals surface area contributed by atoms with Gasteiger partial charge in [0.15, 0.2) is 0 Å². The van der Waals surface area contributed by atoms with Crippen LogP contribution < -0.4 is 0 Å². The molecule has 0 aromatic carbocycles. The minimum Gasteiger partial charge on any atom is -0.0812 e. The van der Waals surface area contributed by atoms with Crippen LogP contribution in [0.15, 0.2) is 33.9 Å². The Morgan fingerprint density at radius 3 is 2.87 bits per heavy atom. The van der Waals surface area contributed by atoms with Crippen molar-refractivity contribution in [2.75, 3.05) is 0 Å². The summed E-state index contributed by atoms with van der Waals surface area (Å²) < 4.78 is 0. The van der Waals surface area contributed by atoms with Crippen molar-refractivity contribution in [3.8, 4) is 0 Å². The third-order valence-corrected chi connectivity index (χ3v) is 4.05. The number of rotatable bonds is 0. The molecule has 0 fully saturated rings. The molecule has 0 bridgehead atoms. The summed E-state index contributed by atoms with van der Waals surface area (Å²) in [6.45, 7) is 2.28. The summed E-state index contributed by atoms with van der Waals surface area (Å²) in [7, 11) is 0. The van der Waals surface area contributed by atoms with Gasteiger partial charge in [0.1, 0.15) is 0 Å². The van der Waals surface area contributed by atoms with Crippen LogP contribution in [0.5, 0.6) is 0 Å². The molecule has 0 nitrogen and oxygen atoms in total. The molecule has 0 saturated heterocycles. The minimum atomic E-state index is 1.23. The van der Waals surface area contributed by atoms with Crippen molar-refractivity contribution >= 4 is 0 Å². The summed E-state index contributed by atoms with van der Waals surface area (Å²) in [6, 6.07) is 0. The fourth-order valence-corrected chi connectivity index (χ4v) is 3.14. The highest BCUT2D eigenvalue weighted by atomic mass is 14.3. The second-order valence-electron chi connectivity index (χ2n) is 5.22. The SMILES string of the molecule is CC1=CCC2=C(C1)CC1=C(CCC[CH]1)C2. The Kier molecular flexibility index (Phi) is 2.31. The van der Waals surface area contributed by atoms with Gasteiger partial charge < -0.3 is 0 Å². The van der Waals surface area contributed by atoms with Crippen molar-refractivity contribution in [3.05, 3.63) is 40.4 Å². The molecule has 3 rings (SSSR count). The smallest absolute Gasteiger partial charge is 0.00965 e. The zero-order chi connectivity index (χ0) is 10.3. The molecule has 0 amide bonds. The molecule has 0 aliphatic heterocycles. The lowest BCUT2D eigenvalue weighted by Gasteiger charge is -2.31. The van der Waals surface area contributed by atoms with Crippen molar-refractivity contribution in [2.24, 2.45) is 0 Å². The summed E-state index contributed by atoms with van der Waals surface area (Å²) in [5, 5.41) is 0. The molecule has 79 valence electrons. The first kappa shape index (κ1) is 9.45. The van der Waals surface area contributed by atoms with Crippen LogP contribution in [0.1, 0.15) is 51.9 Å². The Bertz CT molecular complexity index is 377. The maximum atomic E-state index is 2.50. The predicted octanol–water partition coefficient (Wildman–Crippen LogP) is 4.50. The third kappa shape index (κ3) is 1.71. The normalized spacial score (nSPS) is 26.1. The van der Waals surface area contributed by atoms with E-state index in [9.17, 15) is 0 Å². The van der Waals surface area contributed by atoms with Gasteiger partial charge in [-0.05, 0) is 58.3 Å². The Morgan fingerprint density at radius 1 is 1.00 bits per heavy atom. The molecule has 3 aliphatic carbocycles. The van der Waals surface area contributed by atoms with Crippen LogP contribution >= 0.6 is 0 Å².